The van der Waals surface area contributed by atoms with Crippen LogP contribution >= 0.6 is 0 Å². The van der Waals surface area contributed by atoms with Crippen molar-refractivity contribution in [2.75, 3.05) is 13.2 Å². The molecule has 0 bridgehead atoms. The Morgan fingerprint density at radius 1 is 0.247 bits per heavy atom. The number of carbonyl (C=O) groups is 3. The summed E-state index contributed by atoms with van der Waals surface area (Å²) < 4.78 is 17.0. The van der Waals surface area contributed by atoms with Gasteiger partial charge in [0.25, 0.3) is 0 Å². The lowest BCUT2D eigenvalue weighted by Crippen LogP contribution is -2.30. The molecule has 0 radical (unpaired) electrons. The number of hydrogen-bond donors (Lipinski definition) is 0. The smallest absolute Gasteiger partial charge is 0.306 e. The number of unbranched alkanes of at least 4 members (excludes halogenated alkanes) is 53. The Balaban J connectivity index is 4.12. The number of ether oxygens (including phenoxy) is 3. The van der Waals surface area contributed by atoms with Crippen LogP contribution in [0.25, 0.3) is 0 Å². The summed E-state index contributed by atoms with van der Waals surface area (Å²) in [5, 5.41) is 0. The number of carbonyl (C=O) groups excluding carboxylic acids is 3. The van der Waals surface area contributed by atoms with E-state index in [-0.39, 0.29) is 31.1 Å². The summed E-state index contributed by atoms with van der Waals surface area (Å²) in [7, 11) is 0. The first-order valence-electron chi connectivity index (χ1n) is 35.2. The van der Waals surface area contributed by atoms with Crippen molar-refractivity contribution in [1.29, 1.82) is 0 Å². The fourth-order valence-corrected chi connectivity index (χ4v) is 11.0. The normalized spacial score (nSPS) is 12.0. The van der Waals surface area contributed by atoms with Crippen molar-refractivity contribution in [1.82, 2.24) is 0 Å². The van der Waals surface area contributed by atoms with Crippen LogP contribution in [0.4, 0.5) is 0 Å². The Morgan fingerprint density at radius 3 is 0.649 bits per heavy atom. The lowest BCUT2D eigenvalue weighted by molar-refractivity contribution is -0.167. The van der Waals surface area contributed by atoms with Crippen LogP contribution in [-0.2, 0) is 28.6 Å². The van der Waals surface area contributed by atoms with E-state index in [0.717, 1.165) is 64.2 Å². The van der Waals surface area contributed by atoms with Gasteiger partial charge < -0.3 is 14.2 Å². The maximum atomic E-state index is 12.9. The first kappa shape index (κ1) is 75.2. The number of rotatable bonds is 66. The maximum absolute atomic E-state index is 12.9. The third-order valence-electron chi connectivity index (χ3n) is 16.3. The van der Waals surface area contributed by atoms with Gasteiger partial charge in [-0.25, -0.2) is 0 Å². The summed E-state index contributed by atoms with van der Waals surface area (Å²) in [6.07, 6.45) is 79.7. The molecule has 1 atom stereocenters. The molecule has 0 saturated carbocycles. The Kier molecular flexibility index (Phi) is 65.1. The van der Waals surface area contributed by atoms with Gasteiger partial charge in [0.1, 0.15) is 13.2 Å². The zero-order valence-electron chi connectivity index (χ0n) is 52.5. The zero-order chi connectivity index (χ0) is 55.7. The fourth-order valence-electron chi connectivity index (χ4n) is 11.0. The second-order valence-corrected chi connectivity index (χ2v) is 24.2. The molecule has 0 fully saturated rings. The van der Waals surface area contributed by atoms with Gasteiger partial charge in [-0.15, -0.1) is 0 Å². The minimum atomic E-state index is -0.770. The lowest BCUT2D eigenvalue weighted by Gasteiger charge is -2.18. The van der Waals surface area contributed by atoms with Gasteiger partial charge in [-0.2, -0.15) is 0 Å². The molecule has 0 rings (SSSR count). The highest BCUT2D eigenvalue weighted by Gasteiger charge is 2.19. The second-order valence-electron chi connectivity index (χ2n) is 24.2. The van der Waals surface area contributed by atoms with Gasteiger partial charge in [0, 0.05) is 19.3 Å². The van der Waals surface area contributed by atoms with E-state index in [9.17, 15) is 14.4 Å². The topological polar surface area (TPSA) is 78.9 Å². The van der Waals surface area contributed by atoms with Crippen molar-refractivity contribution in [2.45, 2.75) is 412 Å². The van der Waals surface area contributed by atoms with Crippen LogP contribution in [0.3, 0.4) is 0 Å². The third-order valence-corrected chi connectivity index (χ3v) is 16.3. The summed E-state index contributed by atoms with van der Waals surface area (Å²) >= 11 is 0. The van der Waals surface area contributed by atoms with Crippen molar-refractivity contribution in [3.63, 3.8) is 0 Å². The highest BCUT2D eigenvalue weighted by atomic mass is 16.6. The molecule has 0 heterocycles. The minimum Gasteiger partial charge on any atom is -0.462 e. The Hall–Kier alpha value is -1.85. The van der Waals surface area contributed by atoms with E-state index in [0.29, 0.717) is 19.3 Å². The van der Waals surface area contributed by atoms with Crippen LogP contribution in [0.2, 0.25) is 0 Å². The van der Waals surface area contributed by atoms with E-state index in [1.54, 1.807) is 0 Å². The van der Waals surface area contributed by atoms with Crippen molar-refractivity contribution in [3.8, 4) is 0 Å². The molecular weight excluding hydrogens is 949 g/mol. The summed E-state index contributed by atoms with van der Waals surface area (Å²) in [6, 6.07) is 0. The number of allylic oxidation sites excluding steroid dienone is 2. The van der Waals surface area contributed by atoms with Crippen molar-refractivity contribution in [3.05, 3.63) is 12.2 Å². The molecule has 456 valence electrons. The molecule has 6 heteroatoms. The van der Waals surface area contributed by atoms with E-state index >= 15 is 0 Å². The number of esters is 3. The first-order valence-corrected chi connectivity index (χ1v) is 35.2. The Morgan fingerprint density at radius 2 is 0.429 bits per heavy atom. The lowest BCUT2D eigenvalue weighted by atomic mass is 10.0. The molecule has 0 aliphatic heterocycles. The van der Waals surface area contributed by atoms with Crippen LogP contribution < -0.4 is 0 Å². The van der Waals surface area contributed by atoms with Crippen molar-refractivity contribution >= 4 is 17.9 Å². The largest absolute Gasteiger partial charge is 0.462 e. The van der Waals surface area contributed by atoms with Gasteiger partial charge >= 0.3 is 17.9 Å². The van der Waals surface area contributed by atoms with Crippen molar-refractivity contribution in [2.24, 2.45) is 0 Å². The highest BCUT2D eigenvalue weighted by Crippen LogP contribution is 2.19. The van der Waals surface area contributed by atoms with E-state index in [2.05, 4.69) is 32.9 Å². The molecular formula is C71H136O6. The standard InChI is InChI=1S/C71H136O6/c1-4-7-10-13-16-19-22-25-28-29-30-31-32-33-34-35-36-37-38-39-40-41-42-44-46-49-52-55-58-61-64-70(73)76-67-68(66-75-69(72)63-60-57-54-51-48-45-27-24-21-18-15-12-9-6-3)77-71(74)65-62-59-56-53-50-47-43-26-23-20-17-14-11-8-5-2/h26,43,68H,4-25,27-42,44-67H2,1-3H3/b43-26-. The van der Waals surface area contributed by atoms with Gasteiger partial charge in [0.2, 0.25) is 0 Å². The van der Waals surface area contributed by atoms with Gasteiger partial charge in [-0.05, 0) is 44.9 Å². The molecule has 0 N–H and O–H groups in total. The molecule has 0 spiro atoms. The molecule has 0 aromatic heterocycles. The van der Waals surface area contributed by atoms with Crippen LogP contribution in [-0.4, -0.2) is 37.2 Å². The molecule has 0 aliphatic rings. The average molecular weight is 1090 g/mol. The van der Waals surface area contributed by atoms with E-state index in [4.69, 9.17) is 14.2 Å². The van der Waals surface area contributed by atoms with Crippen LogP contribution in [0, 0.1) is 0 Å². The quantitative estimate of drug-likeness (QED) is 0.0261. The third kappa shape index (κ3) is 64.9. The van der Waals surface area contributed by atoms with E-state index < -0.39 is 6.10 Å². The summed E-state index contributed by atoms with van der Waals surface area (Å²) in [5.74, 6) is -0.843. The Bertz CT molecular complexity index is 1200. The molecule has 0 saturated heterocycles. The first-order chi connectivity index (χ1) is 38.0. The minimum absolute atomic E-state index is 0.0668. The predicted molar refractivity (Wildman–Crippen MR) is 335 cm³/mol. The molecule has 0 amide bonds. The Labute approximate surface area is 481 Å². The maximum Gasteiger partial charge on any atom is 0.306 e. The molecule has 0 aromatic rings. The van der Waals surface area contributed by atoms with Crippen LogP contribution in [0.1, 0.15) is 406 Å². The van der Waals surface area contributed by atoms with Gasteiger partial charge in [-0.1, -0.05) is 354 Å². The molecule has 1 unspecified atom stereocenters. The average Bonchev–Trinajstić information content (AvgIpc) is 3.43. The molecule has 6 nitrogen and oxygen atoms in total. The summed E-state index contributed by atoms with van der Waals surface area (Å²) in [6.45, 7) is 6.71. The molecule has 0 aromatic carbocycles. The van der Waals surface area contributed by atoms with Gasteiger partial charge in [-0.3, -0.25) is 14.4 Å². The monoisotopic (exact) mass is 1090 g/mol. The highest BCUT2D eigenvalue weighted by molar-refractivity contribution is 5.71. The fraction of sp³-hybridized carbons (Fsp3) is 0.930. The summed E-state index contributed by atoms with van der Waals surface area (Å²) in [4.78, 5) is 38.3. The number of hydrogen-bond acceptors (Lipinski definition) is 6. The molecule has 77 heavy (non-hydrogen) atoms. The van der Waals surface area contributed by atoms with Crippen LogP contribution in [0.15, 0.2) is 12.2 Å². The zero-order valence-corrected chi connectivity index (χ0v) is 52.5. The van der Waals surface area contributed by atoms with E-state index in [1.807, 2.05) is 0 Å². The van der Waals surface area contributed by atoms with E-state index in [1.165, 1.54) is 302 Å². The van der Waals surface area contributed by atoms with Gasteiger partial charge in [0.05, 0.1) is 0 Å². The second kappa shape index (κ2) is 66.7. The van der Waals surface area contributed by atoms with Crippen LogP contribution in [0.5, 0.6) is 0 Å². The van der Waals surface area contributed by atoms with Gasteiger partial charge in [0.15, 0.2) is 6.10 Å². The summed E-state index contributed by atoms with van der Waals surface area (Å²) in [5.41, 5.74) is 0. The molecule has 0 aliphatic carbocycles. The SMILES string of the molecule is CCCCCCCC/C=C\CCCCCCCC(=O)OC(COC(=O)CCCCCCCCCCCCCCCC)COC(=O)CCCCCCCCCCCCCCCCCCCCCCCCCCCCCCCC. The van der Waals surface area contributed by atoms with Crippen molar-refractivity contribution < 1.29 is 28.6 Å². The predicted octanol–water partition coefficient (Wildman–Crippen LogP) is 24.0.